The van der Waals surface area contributed by atoms with Crippen LogP contribution in [0.3, 0.4) is 0 Å². The number of imidazole rings is 1. The average Bonchev–Trinajstić information content (AvgIpc) is 2.94. The third-order valence-electron chi connectivity index (χ3n) is 4.97. The molecule has 1 amide bonds. The zero-order valence-electron chi connectivity index (χ0n) is 16.0. The molecule has 3 rings (SSSR count). The molecule has 140 valence electrons. The number of fused-ring (bicyclic) bond motifs is 1. The van der Waals surface area contributed by atoms with Crippen LogP contribution >= 0.6 is 0 Å². The average molecular weight is 365 g/mol. The summed E-state index contributed by atoms with van der Waals surface area (Å²) in [5.41, 5.74) is 3.01. The molecule has 0 fully saturated rings. The topological polar surface area (TPSA) is 75.4 Å². The van der Waals surface area contributed by atoms with Crippen LogP contribution in [0, 0.1) is 6.92 Å². The Balaban J connectivity index is 2.04. The predicted octanol–water partition coefficient (Wildman–Crippen LogP) is 3.39. The first-order valence-corrected chi connectivity index (χ1v) is 8.81. The van der Waals surface area contributed by atoms with Gasteiger partial charge in [-0.2, -0.15) is 0 Å². The lowest BCUT2D eigenvalue weighted by molar-refractivity contribution is -0.116. The second-order valence-electron chi connectivity index (χ2n) is 6.68. The van der Waals surface area contributed by atoms with Gasteiger partial charge in [0.1, 0.15) is 17.1 Å². The Morgan fingerprint density at radius 3 is 2.52 bits per heavy atom. The van der Waals surface area contributed by atoms with E-state index in [-0.39, 0.29) is 23.9 Å². The number of hydrogen-bond acceptors (Lipinski definition) is 4. The lowest BCUT2D eigenvalue weighted by Crippen LogP contribution is -2.24. The van der Waals surface area contributed by atoms with Gasteiger partial charge in [-0.1, -0.05) is 30.3 Å². The molecule has 0 radical (unpaired) electrons. The molecule has 0 saturated heterocycles. The van der Waals surface area contributed by atoms with E-state index in [2.05, 4.69) is 4.98 Å². The molecule has 1 heterocycles. The Kier molecular flexibility index (Phi) is 4.99. The number of carbonyl (C=O) groups excluding carboxylic acids is 2. The predicted molar refractivity (Wildman–Crippen MR) is 105 cm³/mol. The van der Waals surface area contributed by atoms with Crippen LogP contribution in [0.15, 0.2) is 36.4 Å². The van der Waals surface area contributed by atoms with Crippen LogP contribution in [0.2, 0.25) is 0 Å². The van der Waals surface area contributed by atoms with Crippen molar-refractivity contribution in [2.75, 3.05) is 11.9 Å². The van der Waals surface area contributed by atoms with Crippen molar-refractivity contribution in [1.82, 2.24) is 9.55 Å². The third-order valence-corrected chi connectivity index (χ3v) is 4.97. The van der Waals surface area contributed by atoms with Crippen LogP contribution < -0.4 is 4.90 Å². The molecule has 1 N–H and O–H groups in total. The summed E-state index contributed by atoms with van der Waals surface area (Å²) >= 11 is 0. The number of phenolic OH excluding ortho intramolecular Hbond substituents is 1. The van der Waals surface area contributed by atoms with E-state index in [0.717, 1.165) is 5.82 Å². The Morgan fingerprint density at radius 2 is 1.89 bits per heavy atom. The van der Waals surface area contributed by atoms with Gasteiger partial charge in [0.15, 0.2) is 5.78 Å². The molecule has 0 spiro atoms. The Bertz CT molecular complexity index is 1020. The van der Waals surface area contributed by atoms with Crippen molar-refractivity contribution in [3.63, 3.8) is 0 Å². The van der Waals surface area contributed by atoms with Gasteiger partial charge in [-0.05, 0) is 19.4 Å². The smallest absolute Gasteiger partial charge is 0.223 e. The van der Waals surface area contributed by atoms with E-state index in [4.69, 9.17) is 0 Å². The second kappa shape index (κ2) is 7.23. The first-order chi connectivity index (χ1) is 12.8. The standard InChI is InChI=1S/C21H23N3O3/c1-13-22-17-12-18(24(4)14(2)25)16(21(27)20(17)23(13)3)10-11-19(26)15-8-6-5-7-9-15/h5-9,12,27H,10-11H2,1-4H3. The number of carbonyl (C=O) groups is 2. The van der Waals surface area contributed by atoms with E-state index in [1.165, 1.54) is 11.8 Å². The number of benzene rings is 2. The van der Waals surface area contributed by atoms with Crippen LogP contribution in [-0.4, -0.2) is 33.4 Å². The number of Topliss-reactive ketones (excluding diaryl/α,β-unsaturated/α-hetero) is 1. The van der Waals surface area contributed by atoms with Crippen molar-refractivity contribution < 1.29 is 14.7 Å². The molecule has 27 heavy (non-hydrogen) atoms. The number of amides is 1. The number of aromatic nitrogens is 2. The van der Waals surface area contributed by atoms with Gasteiger partial charge in [0, 0.05) is 38.6 Å². The van der Waals surface area contributed by atoms with E-state index in [1.54, 1.807) is 25.2 Å². The van der Waals surface area contributed by atoms with Gasteiger partial charge in [-0.15, -0.1) is 0 Å². The van der Waals surface area contributed by atoms with Crippen molar-refractivity contribution in [2.24, 2.45) is 7.05 Å². The van der Waals surface area contributed by atoms with E-state index in [0.29, 0.717) is 34.3 Å². The highest BCUT2D eigenvalue weighted by Gasteiger charge is 2.22. The molecule has 3 aromatic rings. The van der Waals surface area contributed by atoms with Crippen molar-refractivity contribution in [3.05, 3.63) is 53.3 Å². The van der Waals surface area contributed by atoms with Crippen LogP contribution in [0.25, 0.3) is 11.0 Å². The zero-order chi connectivity index (χ0) is 19.7. The summed E-state index contributed by atoms with van der Waals surface area (Å²) in [4.78, 5) is 30.4. The molecule has 0 atom stereocenters. The largest absolute Gasteiger partial charge is 0.505 e. The van der Waals surface area contributed by atoms with Crippen molar-refractivity contribution in [3.8, 4) is 5.75 Å². The maximum Gasteiger partial charge on any atom is 0.223 e. The van der Waals surface area contributed by atoms with Crippen LogP contribution in [0.5, 0.6) is 5.75 Å². The summed E-state index contributed by atoms with van der Waals surface area (Å²) in [5, 5.41) is 10.9. The normalized spacial score (nSPS) is 11.0. The number of ketones is 1. The number of aromatic hydroxyl groups is 1. The van der Waals surface area contributed by atoms with Crippen LogP contribution in [0.1, 0.15) is 35.1 Å². The molecular formula is C21H23N3O3. The third kappa shape index (κ3) is 3.43. The number of aryl methyl sites for hydroxylation is 2. The van der Waals surface area contributed by atoms with Crippen LogP contribution in [-0.2, 0) is 18.3 Å². The summed E-state index contributed by atoms with van der Waals surface area (Å²) in [7, 11) is 3.49. The number of rotatable bonds is 5. The molecule has 6 heteroatoms. The number of nitrogens with zero attached hydrogens (tertiary/aromatic N) is 3. The Labute approximate surface area is 158 Å². The summed E-state index contributed by atoms with van der Waals surface area (Å²) in [6, 6.07) is 10.9. The van der Waals surface area contributed by atoms with Gasteiger partial charge in [-0.25, -0.2) is 4.98 Å². The molecule has 0 bridgehead atoms. The van der Waals surface area contributed by atoms with Crippen molar-refractivity contribution >= 4 is 28.4 Å². The second-order valence-corrected chi connectivity index (χ2v) is 6.68. The fourth-order valence-corrected chi connectivity index (χ4v) is 3.22. The summed E-state index contributed by atoms with van der Waals surface area (Å²) in [6.07, 6.45) is 0.561. The Hall–Kier alpha value is -3.15. The quantitative estimate of drug-likeness (QED) is 0.703. The molecule has 2 aromatic carbocycles. The fraction of sp³-hybridized carbons (Fsp3) is 0.286. The van der Waals surface area contributed by atoms with E-state index in [1.807, 2.05) is 36.7 Å². The first kappa shape index (κ1) is 18.6. The molecule has 6 nitrogen and oxygen atoms in total. The molecule has 0 saturated carbocycles. The summed E-state index contributed by atoms with van der Waals surface area (Å²) < 4.78 is 1.81. The molecule has 0 aliphatic carbocycles. The Morgan fingerprint density at radius 1 is 1.22 bits per heavy atom. The van der Waals surface area contributed by atoms with Crippen molar-refractivity contribution in [1.29, 1.82) is 0 Å². The maximum atomic E-state index is 12.5. The molecule has 0 aliphatic rings. The molecule has 0 aliphatic heterocycles. The fourth-order valence-electron chi connectivity index (χ4n) is 3.22. The van der Waals surface area contributed by atoms with Crippen LogP contribution in [0.4, 0.5) is 5.69 Å². The monoisotopic (exact) mass is 365 g/mol. The molecule has 1 aromatic heterocycles. The highest BCUT2D eigenvalue weighted by atomic mass is 16.3. The van der Waals surface area contributed by atoms with Gasteiger partial charge in [-0.3, -0.25) is 9.59 Å². The first-order valence-electron chi connectivity index (χ1n) is 8.81. The highest BCUT2D eigenvalue weighted by Crippen LogP contribution is 2.37. The van der Waals surface area contributed by atoms with Gasteiger partial charge < -0.3 is 14.6 Å². The molecule has 0 unspecified atom stereocenters. The van der Waals surface area contributed by atoms with Gasteiger partial charge in [0.2, 0.25) is 5.91 Å². The number of phenols is 1. The summed E-state index contributed by atoms with van der Waals surface area (Å²) in [5.74, 6) is 0.665. The summed E-state index contributed by atoms with van der Waals surface area (Å²) in [6.45, 7) is 3.32. The minimum Gasteiger partial charge on any atom is -0.505 e. The molecular weight excluding hydrogens is 342 g/mol. The minimum absolute atomic E-state index is 0.00675. The lowest BCUT2D eigenvalue weighted by Gasteiger charge is -2.20. The minimum atomic E-state index is -0.156. The zero-order valence-corrected chi connectivity index (χ0v) is 16.0. The van der Waals surface area contributed by atoms with Crippen molar-refractivity contribution in [2.45, 2.75) is 26.7 Å². The van der Waals surface area contributed by atoms with Gasteiger partial charge in [0.25, 0.3) is 0 Å². The van der Waals surface area contributed by atoms with E-state index >= 15 is 0 Å². The van der Waals surface area contributed by atoms with Gasteiger partial charge >= 0.3 is 0 Å². The van der Waals surface area contributed by atoms with E-state index < -0.39 is 0 Å². The maximum absolute atomic E-state index is 12.5. The van der Waals surface area contributed by atoms with Gasteiger partial charge in [0.05, 0.1) is 11.2 Å². The SMILES string of the molecule is CC(=O)N(C)c1cc2nc(C)n(C)c2c(O)c1CCC(=O)c1ccccc1. The lowest BCUT2D eigenvalue weighted by atomic mass is 9.99. The number of anilines is 1. The highest BCUT2D eigenvalue weighted by molar-refractivity contribution is 5.99. The van der Waals surface area contributed by atoms with E-state index in [9.17, 15) is 14.7 Å². The number of hydrogen-bond donors (Lipinski definition) is 1.